The summed E-state index contributed by atoms with van der Waals surface area (Å²) in [6, 6.07) is 0. The van der Waals surface area contributed by atoms with E-state index in [9.17, 15) is 9.59 Å². The third-order valence-corrected chi connectivity index (χ3v) is 2.54. The van der Waals surface area contributed by atoms with Crippen LogP contribution in [0, 0.1) is 0 Å². The van der Waals surface area contributed by atoms with Crippen molar-refractivity contribution in [1.82, 2.24) is 10.2 Å². The average Bonchev–Trinajstić information content (AvgIpc) is 2.46. The molecule has 0 saturated carbocycles. The summed E-state index contributed by atoms with van der Waals surface area (Å²) in [5, 5.41) is 2.57. The Morgan fingerprint density at radius 3 is 2.83 bits per heavy atom. The van der Waals surface area contributed by atoms with Gasteiger partial charge in [0.25, 0.3) is 0 Å². The molecule has 0 spiro atoms. The number of hydrogen-bond donors (Lipinski definition) is 1. The van der Waals surface area contributed by atoms with Crippen molar-refractivity contribution in [2.24, 2.45) is 0 Å². The van der Waals surface area contributed by atoms with Gasteiger partial charge in [-0.05, 0) is 19.8 Å². The standard InChI is InChI=1S/C8H14N2O2/c1-8(7(12)9-2)4-3-5-10(8)6-11/h6H,3-5H2,1-2H3,(H,9,12)/t8-/m0/s1. The van der Waals surface area contributed by atoms with E-state index >= 15 is 0 Å². The highest BCUT2D eigenvalue weighted by Crippen LogP contribution is 2.27. The summed E-state index contributed by atoms with van der Waals surface area (Å²) in [4.78, 5) is 23.5. The van der Waals surface area contributed by atoms with E-state index in [4.69, 9.17) is 0 Å². The smallest absolute Gasteiger partial charge is 0.245 e. The van der Waals surface area contributed by atoms with Crippen LogP contribution in [0.5, 0.6) is 0 Å². The number of nitrogens with one attached hydrogen (secondary N) is 1. The number of rotatable bonds is 2. The summed E-state index contributed by atoms with van der Waals surface area (Å²) < 4.78 is 0. The lowest BCUT2D eigenvalue weighted by atomic mass is 9.98. The molecule has 1 fully saturated rings. The number of amides is 2. The van der Waals surface area contributed by atoms with Gasteiger partial charge in [0.1, 0.15) is 5.54 Å². The molecule has 12 heavy (non-hydrogen) atoms. The Hall–Kier alpha value is -1.06. The lowest BCUT2D eigenvalue weighted by Crippen LogP contribution is -2.51. The Morgan fingerprint density at radius 1 is 1.67 bits per heavy atom. The van der Waals surface area contributed by atoms with Crippen molar-refractivity contribution in [2.75, 3.05) is 13.6 Å². The summed E-state index contributed by atoms with van der Waals surface area (Å²) in [5.41, 5.74) is -0.615. The van der Waals surface area contributed by atoms with Crippen molar-refractivity contribution in [3.8, 4) is 0 Å². The molecule has 0 aromatic rings. The fourth-order valence-electron chi connectivity index (χ4n) is 1.67. The summed E-state index contributed by atoms with van der Waals surface area (Å²) in [6.45, 7) is 2.49. The fourth-order valence-corrected chi connectivity index (χ4v) is 1.67. The second kappa shape index (κ2) is 3.13. The molecule has 4 nitrogen and oxygen atoms in total. The molecule has 1 N–H and O–H groups in total. The van der Waals surface area contributed by atoms with E-state index in [1.54, 1.807) is 18.9 Å². The van der Waals surface area contributed by atoms with Crippen LogP contribution >= 0.6 is 0 Å². The molecule has 1 heterocycles. The first-order chi connectivity index (χ1) is 5.65. The molecule has 0 aromatic heterocycles. The van der Waals surface area contributed by atoms with E-state index in [-0.39, 0.29) is 5.91 Å². The van der Waals surface area contributed by atoms with Gasteiger partial charge in [0.15, 0.2) is 0 Å². The second-order valence-corrected chi connectivity index (χ2v) is 3.26. The number of carbonyl (C=O) groups excluding carboxylic acids is 2. The van der Waals surface area contributed by atoms with E-state index in [1.807, 2.05) is 0 Å². The zero-order valence-corrected chi connectivity index (χ0v) is 7.46. The fraction of sp³-hybridized carbons (Fsp3) is 0.750. The molecule has 0 aromatic carbocycles. The highest BCUT2D eigenvalue weighted by molar-refractivity contribution is 5.87. The van der Waals surface area contributed by atoms with Crippen LogP contribution in [0.25, 0.3) is 0 Å². The molecule has 4 heteroatoms. The van der Waals surface area contributed by atoms with Crippen molar-refractivity contribution in [1.29, 1.82) is 0 Å². The normalized spacial score (nSPS) is 28.7. The maximum absolute atomic E-state index is 11.4. The Bertz CT molecular complexity index is 205. The number of nitrogens with zero attached hydrogens (tertiary/aromatic N) is 1. The molecular weight excluding hydrogens is 156 g/mol. The van der Waals surface area contributed by atoms with E-state index in [2.05, 4.69) is 5.32 Å². The zero-order valence-electron chi connectivity index (χ0n) is 7.46. The maximum Gasteiger partial charge on any atom is 0.245 e. The molecule has 0 aliphatic carbocycles. The monoisotopic (exact) mass is 170 g/mol. The predicted octanol–water partition coefficient (Wildman–Crippen LogP) is -0.257. The van der Waals surface area contributed by atoms with Crippen LogP contribution in [0.3, 0.4) is 0 Å². The number of likely N-dealkylation sites (N-methyl/N-ethyl adjacent to an activating group) is 1. The number of hydrogen-bond acceptors (Lipinski definition) is 2. The van der Waals surface area contributed by atoms with Crippen molar-refractivity contribution in [2.45, 2.75) is 25.3 Å². The van der Waals surface area contributed by atoms with Gasteiger partial charge >= 0.3 is 0 Å². The molecule has 1 aliphatic heterocycles. The molecule has 2 amide bonds. The Balaban J connectivity index is 2.80. The van der Waals surface area contributed by atoms with Crippen LogP contribution < -0.4 is 5.32 Å². The third-order valence-electron chi connectivity index (χ3n) is 2.54. The van der Waals surface area contributed by atoms with Crippen LogP contribution in [-0.4, -0.2) is 36.3 Å². The van der Waals surface area contributed by atoms with Gasteiger partial charge in [-0.25, -0.2) is 0 Å². The molecule has 1 rings (SSSR count). The molecule has 68 valence electrons. The first-order valence-corrected chi connectivity index (χ1v) is 4.09. The third kappa shape index (κ3) is 1.17. The minimum atomic E-state index is -0.615. The van der Waals surface area contributed by atoms with Crippen molar-refractivity contribution in [3.05, 3.63) is 0 Å². The lowest BCUT2D eigenvalue weighted by molar-refractivity contribution is -0.136. The summed E-state index contributed by atoms with van der Waals surface area (Å²) >= 11 is 0. The number of carbonyl (C=O) groups is 2. The van der Waals surface area contributed by atoms with Crippen molar-refractivity contribution < 1.29 is 9.59 Å². The Kier molecular flexibility index (Phi) is 2.35. The van der Waals surface area contributed by atoms with E-state index < -0.39 is 5.54 Å². The van der Waals surface area contributed by atoms with Crippen molar-refractivity contribution in [3.63, 3.8) is 0 Å². The first kappa shape index (κ1) is 9.03. The van der Waals surface area contributed by atoms with E-state index in [0.29, 0.717) is 6.54 Å². The Labute approximate surface area is 71.9 Å². The summed E-state index contributed by atoms with van der Waals surface area (Å²) in [5.74, 6) is -0.0768. The van der Waals surface area contributed by atoms with Gasteiger partial charge < -0.3 is 10.2 Å². The van der Waals surface area contributed by atoms with Gasteiger partial charge in [0, 0.05) is 13.6 Å². The quantitative estimate of drug-likeness (QED) is 0.581. The van der Waals surface area contributed by atoms with Crippen LogP contribution in [0.2, 0.25) is 0 Å². The molecule has 0 radical (unpaired) electrons. The SMILES string of the molecule is CNC(=O)[C@]1(C)CCCN1C=O. The van der Waals surface area contributed by atoms with Gasteiger partial charge in [-0.1, -0.05) is 0 Å². The average molecular weight is 170 g/mol. The molecule has 1 atom stereocenters. The summed E-state index contributed by atoms with van der Waals surface area (Å²) in [7, 11) is 1.59. The molecular formula is C8H14N2O2. The second-order valence-electron chi connectivity index (χ2n) is 3.26. The van der Waals surface area contributed by atoms with Gasteiger partial charge in [-0.15, -0.1) is 0 Å². The summed E-state index contributed by atoms with van der Waals surface area (Å²) in [6.07, 6.45) is 2.41. The minimum absolute atomic E-state index is 0.0768. The molecule has 0 unspecified atom stereocenters. The molecule has 0 bridgehead atoms. The van der Waals surface area contributed by atoms with E-state index in [0.717, 1.165) is 19.3 Å². The van der Waals surface area contributed by atoms with Crippen LogP contribution in [0.4, 0.5) is 0 Å². The maximum atomic E-state index is 11.4. The van der Waals surface area contributed by atoms with Crippen LogP contribution in [-0.2, 0) is 9.59 Å². The highest BCUT2D eigenvalue weighted by atomic mass is 16.2. The lowest BCUT2D eigenvalue weighted by Gasteiger charge is -2.29. The Morgan fingerprint density at radius 2 is 2.33 bits per heavy atom. The van der Waals surface area contributed by atoms with Gasteiger partial charge in [0.2, 0.25) is 12.3 Å². The number of likely N-dealkylation sites (tertiary alicyclic amines) is 1. The highest BCUT2D eigenvalue weighted by Gasteiger charge is 2.41. The predicted molar refractivity (Wildman–Crippen MR) is 44.5 cm³/mol. The minimum Gasteiger partial charge on any atom is -0.357 e. The molecule has 1 saturated heterocycles. The molecule has 1 aliphatic rings. The van der Waals surface area contributed by atoms with Gasteiger partial charge in [-0.3, -0.25) is 9.59 Å². The zero-order chi connectivity index (χ0) is 9.19. The van der Waals surface area contributed by atoms with Crippen molar-refractivity contribution >= 4 is 12.3 Å². The van der Waals surface area contributed by atoms with Gasteiger partial charge in [0.05, 0.1) is 0 Å². The van der Waals surface area contributed by atoms with Crippen LogP contribution in [0.15, 0.2) is 0 Å². The topological polar surface area (TPSA) is 49.4 Å². The largest absolute Gasteiger partial charge is 0.357 e. The first-order valence-electron chi connectivity index (χ1n) is 4.09. The van der Waals surface area contributed by atoms with Crippen LogP contribution in [0.1, 0.15) is 19.8 Å². The van der Waals surface area contributed by atoms with E-state index in [1.165, 1.54) is 0 Å². The van der Waals surface area contributed by atoms with Gasteiger partial charge in [-0.2, -0.15) is 0 Å².